The lowest BCUT2D eigenvalue weighted by atomic mass is 9.55. The molecule has 130 valence electrons. The zero-order chi connectivity index (χ0) is 16.9. The van der Waals surface area contributed by atoms with E-state index in [2.05, 4.69) is 18.1 Å². The van der Waals surface area contributed by atoms with Crippen LogP contribution >= 0.6 is 0 Å². The number of benzene rings is 1. The predicted molar refractivity (Wildman–Crippen MR) is 93.3 cm³/mol. The van der Waals surface area contributed by atoms with Crippen LogP contribution in [0, 0.1) is 17.3 Å². The molecule has 4 rings (SSSR count). The molecule has 2 fully saturated rings. The molecule has 0 saturated heterocycles. The van der Waals surface area contributed by atoms with E-state index in [9.17, 15) is 5.11 Å². The number of hydrogen-bond donors (Lipinski definition) is 1. The molecule has 0 radical (unpaired) electrons. The smallest absolute Gasteiger partial charge is 0.115 e. The van der Waals surface area contributed by atoms with Crippen LogP contribution in [0.15, 0.2) is 23.4 Å². The summed E-state index contributed by atoms with van der Waals surface area (Å²) in [4.78, 5) is 5.14. The highest BCUT2D eigenvalue weighted by atomic mass is 16.6. The molecule has 1 aromatic carbocycles. The van der Waals surface area contributed by atoms with E-state index in [0.717, 1.165) is 19.3 Å². The molecule has 3 aliphatic rings. The molecule has 1 N–H and O–H groups in total. The van der Waals surface area contributed by atoms with Crippen LogP contribution in [0.4, 0.5) is 0 Å². The van der Waals surface area contributed by atoms with Gasteiger partial charge in [-0.1, -0.05) is 18.1 Å². The summed E-state index contributed by atoms with van der Waals surface area (Å²) in [5.41, 5.74) is 4.04. The number of fused-ring (bicyclic) bond motifs is 5. The lowest BCUT2D eigenvalue weighted by Crippen LogP contribution is -2.45. The topological polar surface area (TPSA) is 51.0 Å². The third kappa shape index (κ3) is 2.19. The van der Waals surface area contributed by atoms with Crippen molar-refractivity contribution in [2.24, 2.45) is 22.4 Å². The normalized spacial score (nSPS) is 39.2. The number of rotatable bonds is 2. The van der Waals surface area contributed by atoms with Crippen molar-refractivity contribution in [3.05, 3.63) is 29.3 Å². The number of phenolic OH excluding ortho intramolecular Hbond substituents is 1. The third-order valence-corrected chi connectivity index (χ3v) is 6.92. The van der Waals surface area contributed by atoms with Crippen molar-refractivity contribution in [3.63, 3.8) is 0 Å². The van der Waals surface area contributed by atoms with E-state index in [1.54, 1.807) is 7.11 Å². The van der Waals surface area contributed by atoms with Gasteiger partial charge in [0.15, 0.2) is 0 Å². The zero-order valence-electron chi connectivity index (χ0n) is 14.8. The Hall–Kier alpha value is -1.55. The van der Waals surface area contributed by atoms with Gasteiger partial charge in [-0.05, 0) is 66.7 Å². The van der Waals surface area contributed by atoms with Gasteiger partial charge in [0.25, 0.3) is 0 Å². The van der Waals surface area contributed by atoms with E-state index in [4.69, 9.17) is 9.57 Å². The first kappa shape index (κ1) is 15.9. The summed E-state index contributed by atoms with van der Waals surface area (Å²) in [5.74, 6) is 2.08. The number of phenols is 1. The molecule has 0 bridgehead atoms. The van der Waals surface area contributed by atoms with Gasteiger partial charge in [0.05, 0.1) is 11.8 Å². The molecule has 1 aromatic rings. The molecular formula is C20H27NO3. The largest absolute Gasteiger partial charge is 0.508 e. The first-order chi connectivity index (χ1) is 11.6. The molecule has 2 saturated carbocycles. The lowest BCUT2D eigenvalue weighted by molar-refractivity contribution is -0.0221. The standard InChI is InChI=1S/C20H27NO3/c1-20-9-8-15-14-7-5-13(22)10-12(14)4-6-16(15)19(20)17(23-2)11-18(20)21-24-3/h5,7,10,15-17,19,22H,4,6,8-9,11H2,1-3H3/b21-18-/t15-,16-,17-,19-,20-/m1/s1. The maximum absolute atomic E-state index is 9.80. The Morgan fingerprint density at radius 1 is 1.25 bits per heavy atom. The van der Waals surface area contributed by atoms with Crippen molar-refractivity contribution in [3.8, 4) is 5.75 Å². The van der Waals surface area contributed by atoms with Crippen molar-refractivity contribution in [1.82, 2.24) is 0 Å². The summed E-state index contributed by atoms with van der Waals surface area (Å²) < 4.78 is 5.90. The molecule has 0 aromatic heterocycles. The maximum atomic E-state index is 9.80. The first-order valence-electron chi connectivity index (χ1n) is 9.03. The summed E-state index contributed by atoms with van der Waals surface area (Å²) in [6.07, 6.45) is 5.63. The van der Waals surface area contributed by atoms with Gasteiger partial charge in [-0.2, -0.15) is 0 Å². The second kappa shape index (κ2) is 5.76. The summed E-state index contributed by atoms with van der Waals surface area (Å²) in [6, 6.07) is 5.94. The van der Waals surface area contributed by atoms with Crippen LogP contribution in [0.3, 0.4) is 0 Å². The second-order valence-corrected chi connectivity index (χ2v) is 7.87. The maximum Gasteiger partial charge on any atom is 0.115 e. The minimum atomic E-state index is 0.0896. The number of aryl methyl sites for hydroxylation is 1. The van der Waals surface area contributed by atoms with Crippen LogP contribution in [-0.2, 0) is 16.0 Å². The van der Waals surface area contributed by atoms with Crippen LogP contribution < -0.4 is 0 Å². The van der Waals surface area contributed by atoms with Crippen molar-refractivity contribution < 1.29 is 14.7 Å². The molecule has 3 aliphatic carbocycles. The van der Waals surface area contributed by atoms with E-state index in [1.807, 2.05) is 19.2 Å². The van der Waals surface area contributed by atoms with Crippen LogP contribution in [0.1, 0.15) is 49.7 Å². The molecule has 0 amide bonds. The average molecular weight is 329 g/mol. The monoisotopic (exact) mass is 329 g/mol. The fourth-order valence-electron chi connectivity index (χ4n) is 5.87. The first-order valence-corrected chi connectivity index (χ1v) is 9.03. The van der Waals surface area contributed by atoms with Crippen molar-refractivity contribution in [1.29, 1.82) is 0 Å². The van der Waals surface area contributed by atoms with E-state index in [-0.39, 0.29) is 11.5 Å². The van der Waals surface area contributed by atoms with Crippen LogP contribution in [-0.4, -0.2) is 31.1 Å². The summed E-state index contributed by atoms with van der Waals surface area (Å²) >= 11 is 0. The zero-order valence-corrected chi connectivity index (χ0v) is 14.8. The van der Waals surface area contributed by atoms with Gasteiger partial charge in [-0.15, -0.1) is 0 Å². The van der Waals surface area contributed by atoms with Gasteiger partial charge in [0.1, 0.15) is 12.9 Å². The summed E-state index contributed by atoms with van der Waals surface area (Å²) in [6.45, 7) is 2.36. The highest BCUT2D eigenvalue weighted by Gasteiger charge is 2.58. The molecule has 5 atom stereocenters. The lowest BCUT2D eigenvalue weighted by Gasteiger charge is -2.50. The SMILES string of the molecule is CO/N=C1/C[C@@H](OC)[C@H]2[C@@H]3CCc4cc(O)ccc4[C@H]3CC[C@]12C. The summed E-state index contributed by atoms with van der Waals surface area (Å²) in [7, 11) is 3.47. The van der Waals surface area contributed by atoms with Crippen molar-refractivity contribution in [2.75, 3.05) is 14.2 Å². The van der Waals surface area contributed by atoms with E-state index < -0.39 is 0 Å². The van der Waals surface area contributed by atoms with E-state index >= 15 is 0 Å². The summed E-state index contributed by atoms with van der Waals surface area (Å²) in [5, 5.41) is 14.2. The van der Waals surface area contributed by atoms with Crippen LogP contribution in [0.25, 0.3) is 0 Å². The molecule has 0 aliphatic heterocycles. The molecule has 4 nitrogen and oxygen atoms in total. The fourth-order valence-corrected chi connectivity index (χ4v) is 5.87. The third-order valence-electron chi connectivity index (χ3n) is 6.92. The van der Waals surface area contributed by atoms with Crippen molar-refractivity contribution >= 4 is 5.71 Å². The highest BCUT2D eigenvalue weighted by molar-refractivity contribution is 5.93. The van der Waals surface area contributed by atoms with Gasteiger partial charge < -0.3 is 14.7 Å². The van der Waals surface area contributed by atoms with Crippen molar-refractivity contribution in [2.45, 2.75) is 51.0 Å². The second-order valence-electron chi connectivity index (χ2n) is 7.87. The van der Waals surface area contributed by atoms with Crippen LogP contribution in [0.5, 0.6) is 5.75 Å². The van der Waals surface area contributed by atoms with Gasteiger partial charge in [-0.25, -0.2) is 0 Å². The quantitative estimate of drug-likeness (QED) is 0.838. The highest BCUT2D eigenvalue weighted by Crippen LogP contribution is 2.60. The minimum Gasteiger partial charge on any atom is -0.508 e. The Morgan fingerprint density at radius 3 is 2.83 bits per heavy atom. The molecule has 0 spiro atoms. The van der Waals surface area contributed by atoms with Gasteiger partial charge >= 0.3 is 0 Å². The Morgan fingerprint density at radius 2 is 2.08 bits per heavy atom. The number of oxime groups is 1. The predicted octanol–water partition coefficient (Wildman–Crippen LogP) is 3.88. The Labute approximate surface area is 143 Å². The number of ether oxygens (including phenoxy) is 1. The Bertz CT molecular complexity index is 671. The number of methoxy groups -OCH3 is 1. The van der Waals surface area contributed by atoms with Gasteiger partial charge in [0.2, 0.25) is 0 Å². The van der Waals surface area contributed by atoms with E-state index in [1.165, 1.54) is 29.7 Å². The minimum absolute atomic E-state index is 0.0896. The van der Waals surface area contributed by atoms with Crippen LogP contribution in [0.2, 0.25) is 0 Å². The number of hydrogen-bond acceptors (Lipinski definition) is 4. The van der Waals surface area contributed by atoms with E-state index in [0.29, 0.717) is 23.5 Å². The Balaban J connectivity index is 1.73. The number of nitrogens with zero attached hydrogens (tertiary/aromatic N) is 1. The molecule has 0 unspecified atom stereocenters. The molecule has 24 heavy (non-hydrogen) atoms. The molecular weight excluding hydrogens is 302 g/mol. The Kier molecular flexibility index (Phi) is 3.83. The number of aromatic hydroxyl groups is 1. The molecule has 0 heterocycles. The average Bonchev–Trinajstić information content (AvgIpc) is 2.87. The fraction of sp³-hybridized carbons (Fsp3) is 0.650. The molecule has 4 heteroatoms. The van der Waals surface area contributed by atoms with Gasteiger partial charge in [0, 0.05) is 18.9 Å². The van der Waals surface area contributed by atoms with Gasteiger partial charge in [-0.3, -0.25) is 0 Å².